The molecule has 0 atom stereocenters. The Morgan fingerprint density at radius 1 is 0.619 bits per heavy atom. The molecule has 0 saturated carbocycles. The van der Waals surface area contributed by atoms with Gasteiger partial charge in [-0.3, -0.25) is 9.59 Å². The van der Waals surface area contributed by atoms with Gasteiger partial charge in [0.05, 0.1) is 0 Å². The summed E-state index contributed by atoms with van der Waals surface area (Å²) >= 11 is 0. The Kier molecular flexibility index (Phi) is 26.3. The van der Waals surface area contributed by atoms with Gasteiger partial charge in [0.25, 0.3) is 0 Å². The number of carboxylic acid groups (broad SMARTS) is 2. The van der Waals surface area contributed by atoms with Crippen molar-refractivity contribution in [2.75, 3.05) is 0 Å². The molecule has 0 aromatic rings. The molecule has 0 amide bonds. The molecule has 5 heteroatoms. The predicted molar refractivity (Wildman–Crippen MR) is 82.0 cm³/mol. The van der Waals surface area contributed by atoms with Gasteiger partial charge < -0.3 is 10.2 Å². The second kappa shape index (κ2) is 21.7. The van der Waals surface area contributed by atoms with Crippen LogP contribution in [0.3, 0.4) is 0 Å². The van der Waals surface area contributed by atoms with Crippen LogP contribution in [-0.4, -0.2) is 22.2 Å². The zero-order valence-corrected chi connectivity index (χ0v) is 14.5. The molecule has 0 aromatic carbocycles. The SMILES string of the molecule is CCCCCCCC(=O)O.CCCCCCCC(=O)O.[Ni]. The largest absolute Gasteiger partial charge is 0.481 e. The van der Waals surface area contributed by atoms with Crippen LogP contribution in [0, 0.1) is 0 Å². The minimum absolute atomic E-state index is 0. The third kappa shape index (κ3) is 32.7. The third-order valence-corrected chi connectivity index (χ3v) is 2.99. The first-order valence-corrected chi connectivity index (χ1v) is 7.98. The van der Waals surface area contributed by atoms with Crippen LogP contribution in [0.15, 0.2) is 0 Å². The maximum Gasteiger partial charge on any atom is 0.303 e. The van der Waals surface area contributed by atoms with Crippen molar-refractivity contribution in [2.24, 2.45) is 0 Å². The molecule has 0 aliphatic heterocycles. The molecule has 0 rings (SSSR count). The van der Waals surface area contributed by atoms with E-state index in [-0.39, 0.29) is 16.5 Å². The summed E-state index contributed by atoms with van der Waals surface area (Å²) in [5, 5.41) is 16.5. The van der Waals surface area contributed by atoms with Crippen molar-refractivity contribution < 1.29 is 36.3 Å². The van der Waals surface area contributed by atoms with E-state index in [1.807, 2.05) is 0 Å². The molecule has 0 saturated heterocycles. The van der Waals surface area contributed by atoms with E-state index in [0.717, 1.165) is 25.7 Å². The van der Waals surface area contributed by atoms with Crippen molar-refractivity contribution in [1.29, 1.82) is 0 Å². The van der Waals surface area contributed by atoms with Crippen LogP contribution in [0.5, 0.6) is 0 Å². The normalized spacial score (nSPS) is 9.24. The van der Waals surface area contributed by atoms with Gasteiger partial charge in [0.1, 0.15) is 0 Å². The van der Waals surface area contributed by atoms with Crippen LogP contribution in [0.25, 0.3) is 0 Å². The Bertz CT molecular complexity index is 208. The predicted octanol–water partition coefficient (Wildman–Crippen LogP) is 4.86. The molecular formula is C16H32NiO4. The molecule has 0 aliphatic rings. The van der Waals surface area contributed by atoms with E-state index in [9.17, 15) is 9.59 Å². The molecule has 0 radical (unpaired) electrons. The van der Waals surface area contributed by atoms with E-state index in [1.165, 1.54) is 38.5 Å². The molecule has 0 fully saturated rings. The first kappa shape index (κ1) is 25.4. The fourth-order valence-electron chi connectivity index (χ4n) is 1.76. The van der Waals surface area contributed by atoms with E-state index in [4.69, 9.17) is 10.2 Å². The van der Waals surface area contributed by atoms with Crippen molar-refractivity contribution in [3.8, 4) is 0 Å². The Hall–Kier alpha value is -0.566. The molecule has 0 heterocycles. The van der Waals surface area contributed by atoms with Gasteiger partial charge in [0.2, 0.25) is 0 Å². The van der Waals surface area contributed by atoms with Gasteiger partial charge in [-0.1, -0.05) is 65.2 Å². The minimum Gasteiger partial charge on any atom is -0.481 e. The summed E-state index contributed by atoms with van der Waals surface area (Å²) < 4.78 is 0. The van der Waals surface area contributed by atoms with Gasteiger partial charge in [-0.15, -0.1) is 0 Å². The Morgan fingerprint density at radius 2 is 0.905 bits per heavy atom. The van der Waals surface area contributed by atoms with E-state index in [2.05, 4.69) is 13.8 Å². The summed E-state index contributed by atoms with van der Waals surface area (Å²) in [4.78, 5) is 20.1. The summed E-state index contributed by atoms with van der Waals surface area (Å²) in [6.45, 7) is 4.30. The summed E-state index contributed by atoms with van der Waals surface area (Å²) in [6.07, 6.45) is 11.8. The molecule has 0 unspecified atom stereocenters. The van der Waals surface area contributed by atoms with Gasteiger partial charge >= 0.3 is 11.9 Å². The number of carboxylic acids is 2. The first-order valence-electron chi connectivity index (χ1n) is 7.98. The van der Waals surface area contributed by atoms with Crippen LogP contribution < -0.4 is 0 Å². The minimum atomic E-state index is -0.670. The van der Waals surface area contributed by atoms with Gasteiger partial charge in [-0.05, 0) is 12.8 Å². The monoisotopic (exact) mass is 346 g/mol. The summed E-state index contributed by atoms with van der Waals surface area (Å²) in [5.74, 6) is -1.34. The number of carbonyl (C=O) groups is 2. The summed E-state index contributed by atoms with van der Waals surface area (Å²) in [7, 11) is 0. The second-order valence-electron chi connectivity index (χ2n) is 5.12. The molecule has 0 spiro atoms. The fraction of sp³-hybridized carbons (Fsp3) is 0.875. The second-order valence-corrected chi connectivity index (χ2v) is 5.12. The smallest absolute Gasteiger partial charge is 0.303 e. The molecule has 2 N–H and O–H groups in total. The van der Waals surface area contributed by atoms with E-state index < -0.39 is 11.9 Å². The van der Waals surface area contributed by atoms with E-state index in [1.54, 1.807) is 0 Å². The quantitative estimate of drug-likeness (QED) is 0.391. The van der Waals surface area contributed by atoms with Crippen molar-refractivity contribution >= 4 is 11.9 Å². The Morgan fingerprint density at radius 3 is 1.14 bits per heavy atom. The van der Waals surface area contributed by atoms with Crippen LogP contribution in [-0.2, 0) is 26.1 Å². The van der Waals surface area contributed by atoms with Gasteiger partial charge in [0.15, 0.2) is 0 Å². The topological polar surface area (TPSA) is 74.6 Å². The Labute approximate surface area is 139 Å². The molecule has 4 nitrogen and oxygen atoms in total. The van der Waals surface area contributed by atoms with E-state index in [0.29, 0.717) is 12.8 Å². The number of hydrogen-bond donors (Lipinski definition) is 2. The van der Waals surface area contributed by atoms with Crippen molar-refractivity contribution in [1.82, 2.24) is 0 Å². The molecule has 0 bridgehead atoms. The van der Waals surface area contributed by atoms with Crippen molar-refractivity contribution in [2.45, 2.75) is 90.9 Å². The zero-order valence-electron chi connectivity index (χ0n) is 13.5. The number of rotatable bonds is 12. The number of aliphatic carboxylic acids is 2. The molecular weight excluding hydrogens is 315 g/mol. The van der Waals surface area contributed by atoms with Crippen molar-refractivity contribution in [3.05, 3.63) is 0 Å². The average molecular weight is 347 g/mol. The van der Waals surface area contributed by atoms with Crippen LogP contribution >= 0.6 is 0 Å². The Balaban J connectivity index is -0.000000295. The third-order valence-electron chi connectivity index (χ3n) is 2.99. The molecule has 0 aliphatic carbocycles. The standard InChI is InChI=1S/2C8H16O2.Ni/c2*1-2-3-4-5-6-7-8(9)10;/h2*2-7H2,1H3,(H,9,10);. The zero-order chi connectivity index (χ0) is 15.6. The van der Waals surface area contributed by atoms with E-state index >= 15 is 0 Å². The van der Waals surface area contributed by atoms with Crippen molar-refractivity contribution in [3.63, 3.8) is 0 Å². The van der Waals surface area contributed by atoms with Gasteiger partial charge in [-0.25, -0.2) is 0 Å². The fourth-order valence-corrected chi connectivity index (χ4v) is 1.76. The summed E-state index contributed by atoms with van der Waals surface area (Å²) in [6, 6.07) is 0. The molecule has 0 aromatic heterocycles. The van der Waals surface area contributed by atoms with Crippen LogP contribution in [0.2, 0.25) is 0 Å². The average Bonchev–Trinajstić information content (AvgIpc) is 2.38. The van der Waals surface area contributed by atoms with Crippen LogP contribution in [0.4, 0.5) is 0 Å². The number of hydrogen-bond acceptors (Lipinski definition) is 2. The number of unbranched alkanes of at least 4 members (excludes halogenated alkanes) is 8. The maximum absolute atomic E-state index is 10.0. The summed E-state index contributed by atoms with van der Waals surface area (Å²) in [5.41, 5.74) is 0. The maximum atomic E-state index is 10.0. The molecule has 21 heavy (non-hydrogen) atoms. The van der Waals surface area contributed by atoms with Gasteiger partial charge in [-0.2, -0.15) is 0 Å². The van der Waals surface area contributed by atoms with Gasteiger partial charge in [0, 0.05) is 29.3 Å². The van der Waals surface area contributed by atoms with Crippen LogP contribution in [0.1, 0.15) is 90.9 Å². The first-order chi connectivity index (χ1) is 9.54. The molecule has 130 valence electrons.